The van der Waals surface area contributed by atoms with Crippen LogP contribution >= 0.6 is 10.7 Å². The first-order valence-corrected chi connectivity index (χ1v) is 13.4. The molecule has 1 aliphatic rings. The maximum Gasteiger partial charge on any atom is 0.239 e. The molecule has 0 aliphatic heterocycles. The van der Waals surface area contributed by atoms with E-state index >= 15 is 0 Å². The van der Waals surface area contributed by atoms with E-state index in [1.54, 1.807) is 27.4 Å². The first kappa shape index (κ1) is 26.0. The summed E-state index contributed by atoms with van der Waals surface area (Å²) in [5.74, 6) is 3.42. The fourth-order valence-corrected chi connectivity index (χ4v) is 6.28. The van der Waals surface area contributed by atoms with Crippen molar-refractivity contribution in [1.82, 2.24) is 19.7 Å². The van der Waals surface area contributed by atoms with Gasteiger partial charge in [0.2, 0.25) is 11.8 Å². The molecule has 1 N–H and O–H groups in total. The molecule has 1 unspecified atom stereocenters. The molecule has 9 nitrogen and oxygen atoms in total. The van der Waals surface area contributed by atoms with Crippen LogP contribution in [-0.4, -0.2) is 64.9 Å². The van der Waals surface area contributed by atoms with Crippen LogP contribution in [0.15, 0.2) is 36.4 Å². The molecular formula is C26H35N5O4S. The molecule has 1 aliphatic carbocycles. The summed E-state index contributed by atoms with van der Waals surface area (Å²) in [5, 5.41) is 11.5. The van der Waals surface area contributed by atoms with Crippen molar-refractivity contribution in [2.45, 2.75) is 44.5 Å². The van der Waals surface area contributed by atoms with E-state index in [1.807, 2.05) is 42.0 Å². The summed E-state index contributed by atoms with van der Waals surface area (Å²) in [6.45, 7) is 4.30. The van der Waals surface area contributed by atoms with E-state index in [2.05, 4.69) is 39.1 Å². The van der Waals surface area contributed by atoms with Crippen molar-refractivity contribution in [1.29, 1.82) is 0 Å². The Bertz CT molecular complexity index is 1190. The standard InChI is InChI=1S/C26H35N5O4S/c1-7-36(17(2)24(35-6)18-11-8-12-18)30-26-29-28-25(19-13-9-16-22(27-19)34-5)31(26)23-20(32-3)14-10-15-21(23)33-4/h7,9-10,13-18,24H,8,11-12H2,1-6H3,(H,29,30)/t17-,24-,36?/m0/s1. The third-order valence-electron chi connectivity index (χ3n) is 6.66. The summed E-state index contributed by atoms with van der Waals surface area (Å²) < 4.78 is 28.3. The number of methoxy groups -OCH3 is 4. The van der Waals surface area contributed by atoms with Gasteiger partial charge >= 0.3 is 0 Å². The highest BCUT2D eigenvalue weighted by Gasteiger charge is 2.33. The van der Waals surface area contributed by atoms with E-state index in [-0.39, 0.29) is 22.0 Å². The second-order valence-electron chi connectivity index (χ2n) is 8.56. The van der Waals surface area contributed by atoms with Gasteiger partial charge in [0.25, 0.3) is 0 Å². The predicted octanol–water partition coefficient (Wildman–Crippen LogP) is 4.98. The van der Waals surface area contributed by atoms with Gasteiger partial charge in [-0.1, -0.05) is 29.2 Å². The lowest BCUT2D eigenvalue weighted by Gasteiger charge is -2.37. The molecular weight excluding hydrogens is 478 g/mol. The largest absolute Gasteiger partial charge is 0.494 e. The molecule has 36 heavy (non-hydrogen) atoms. The summed E-state index contributed by atoms with van der Waals surface area (Å²) in [7, 11) is 6.32. The van der Waals surface area contributed by atoms with Crippen LogP contribution in [0.4, 0.5) is 5.95 Å². The van der Waals surface area contributed by atoms with Crippen molar-refractivity contribution in [3.8, 4) is 34.6 Å². The Morgan fingerprint density at radius 3 is 2.25 bits per heavy atom. The topological polar surface area (TPSA) is 92.6 Å². The SMILES string of the molecule is C/C=S(\Nc1nnc(-c2cccc(OC)n2)n1-c1c(OC)cccc1OC)[C@@H](C)[C@H](OC)C1CCC1. The number of nitrogens with one attached hydrogen (secondary N) is 1. The number of rotatable bonds is 11. The molecule has 4 rings (SSSR count). The zero-order valence-electron chi connectivity index (χ0n) is 21.7. The molecule has 194 valence electrons. The second-order valence-corrected chi connectivity index (χ2v) is 10.7. The molecule has 3 atom stereocenters. The first-order chi connectivity index (χ1) is 17.6. The minimum atomic E-state index is -0.346. The van der Waals surface area contributed by atoms with Gasteiger partial charge in [-0.05, 0) is 56.2 Å². The molecule has 2 heterocycles. The molecule has 0 saturated heterocycles. The van der Waals surface area contributed by atoms with E-state index < -0.39 is 0 Å². The van der Waals surface area contributed by atoms with Crippen LogP contribution in [0.5, 0.6) is 17.4 Å². The van der Waals surface area contributed by atoms with Gasteiger partial charge in [-0.15, -0.1) is 10.2 Å². The number of hydrogen-bond donors (Lipinski definition) is 1. The number of para-hydroxylation sites is 1. The quantitative estimate of drug-likeness (QED) is 0.359. The van der Waals surface area contributed by atoms with Crippen LogP contribution in [0.3, 0.4) is 0 Å². The van der Waals surface area contributed by atoms with Crippen molar-refractivity contribution in [2.24, 2.45) is 5.92 Å². The molecule has 0 spiro atoms. The Labute approximate surface area is 215 Å². The highest BCUT2D eigenvalue weighted by Crippen LogP contribution is 2.41. The lowest BCUT2D eigenvalue weighted by molar-refractivity contribution is 0.0210. The van der Waals surface area contributed by atoms with Gasteiger partial charge in [0.05, 0.1) is 27.4 Å². The number of anilines is 1. The number of nitrogens with zero attached hydrogens (tertiary/aromatic N) is 4. The van der Waals surface area contributed by atoms with E-state index in [0.717, 1.165) is 0 Å². The summed E-state index contributed by atoms with van der Waals surface area (Å²) >= 11 is 0. The maximum absolute atomic E-state index is 5.96. The van der Waals surface area contributed by atoms with Gasteiger partial charge < -0.3 is 23.7 Å². The van der Waals surface area contributed by atoms with Crippen LogP contribution in [0.25, 0.3) is 17.2 Å². The van der Waals surface area contributed by atoms with E-state index in [9.17, 15) is 0 Å². The van der Waals surface area contributed by atoms with Gasteiger partial charge in [-0.2, -0.15) is 0 Å². The van der Waals surface area contributed by atoms with Crippen LogP contribution < -0.4 is 18.9 Å². The first-order valence-electron chi connectivity index (χ1n) is 12.0. The Balaban J connectivity index is 1.83. The molecule has 0 radical (unpaired) electrons. The zero-order valence-corrected chi connectivity index (χ0v) is 22.5. The van der Waals surface area contributed by atoms with E-state index in [0.29, 0.717) is 46.5 Å². The van der Waals surface area contributed by atoms with Crippen LogP contribution in [0.1, 0.15) is 33.1 Å². The highest BCUT2D eigenvalue weighted by atomic mass is 32.2. The Morgan fingerprint density at radius 2 is 1.69 bits per heavy atom. The second kappa shape index (κ2) is 11.7. The molecule has 3 aromatic rings. The third kappa shape index (κ3) is 5.05. The predicted molar refractivity (Wildman–Crippen MR) is 145 cm³/mol. The lowest BCUT2D eigenvalue weighted by atomic mass is 9.80. The average Bonchev–Trinajstić information content (AvgIpc) is 3.31. The van der Waals surface area contributed by atoms with Crippen molar-refractivity contribution < 1.29 is 18.9 Å². The van der Waals surface area contributed by atoms with Gasteiger partial charge in [0.15, 0.2) is 5.82 Å². The fourth-order valence-electron chi connectivity index (χ4n) is 4.59. The van der Waals surface area contributed by atoms with Crippen molar-refractivity contribution >= 4 is 22.0 Å². The maximum atomic E-state index is 5.96. The van der Waals surface area contributed by atoms with Gasteiger partial charge in [-0.25, -0.2) is 4.98 Å². The third-order valence-corrected chi connectivity index (χ3v) is 8.66. The molecule has 0 amide bonds. The lowest BCUT2D eigenvalue weighted by Crippen LogP contribution is -2.37. The Hall–Kier alpha value is -3.11. The minimum Gasteiger partial charge on any atom is -0.494 e. The number of benzene rings is 1. The van der Waals surface area contributed by atoms with Crippen molar-refractivity contribution in [2.75, 3.05) is 33.2 Å². The zero-order chi connectivity index (χ0) is 25.7. The number of aromatic nitrogens is 4. The summed E-state index contributed by atoms with van der Waals surface area (Å²) in [5.41, 5.74) is 1.30. The van der Waals surface area contributed by atoms with E-state index in [1.165, 1.54) is 19.3 Å². The highest BCUT2D eigenvalue weighted by molar-refractivity contribution is 8.16. The van der Waals surface area contributed by atoms with Crippen LogP contribution in [-0.2, 0) is 4.74 Å². The average molecular weight is 514 g/mol. The molecule has 2 aromatic heterocycles. The minimum absolute atomic E-state index is 0.169. The van der Waals surface area contributed by atoms with Crippen LogP contribution in [0.2, 0.25) is 0 Å². The molecule has 1 fully saturated rings. The summed E-state index contributed by atoms with van der Waals surface area (Å²) in [6.07, 6.45) is 3.86. The fraction of sp³-hybridized carbons (Fsp3) is 0.462. The molecule has 0 bridgehead atoms. The summed E-state index contributed by atoms with van der Waals surface area (Å²) in [4.78, 5) is 4.61. The van der Waals surface area contributed by atoms with E-state index in [4.69, 9.17) is 18.9 Å². The number of pyridine rings is 1. The smallest absolute Gasteiger partial charge is 0.239 e. The van der Waals surface area contributed by atoms with Gasteiger partial charge in [0.1, 0.15) is 22.9 Å². The molecule has 1 saturated carbocycles. The normalized spacial score (nSPS) is 16.2. The van der Waals surface area contributed by atoms with Gasteiger partial charge in [0, 0.05) is 18.4 Å². The Kier molecular flexibility index (Phi) is 8.48. The molecule has 1 aromatic carbocycles. The van der Waals surface area contributed by atoms with Gasteiger partial charge in [-0.3, -0.25) is 4.57 Å². The number of hydrogen-bond acceptors (Lipinski definition) is 8. The van der Waals surface area contributed by atoms with Crippen molar-refractivity contribution in [3.63, 3.8) is 0 Å². The summed E-state index contributed by atoms with van der Waals surface area (Å²) in [6, 6.07) is 11.2. The monoisotopic (exact) mass is 513 g/mol. The molecule has 10 heteroatoms. The van der Waals surface area contributed by atoms with Crippen LogP contribution in [0, 0.1) is 5.92 Å². The number of ether oxygens (including phenoxy) is 4. The Morgan fingerprint density at radius 1 is 1.00 bits per heavy atom. The van der Waals surface area contributed by atoms with Crippen molar-refractivity contribution in [3.05, 3.63) is 36.4 Å².